The van der Waals surface area contributed by atoms with Crippen molar-refractivity contribution in [3.63, 3.8) is 0 Å². The number of carbonyl (C=O) groups excluding carboxylic acids is 1. The molecule has 2 aromatic rings. The SMILES string of the molecule is COC(=O)C1CCCC1Nc1nc(Nc2ccc(N3CCN(C)CC3)c(C)c2)ncc1F. The predicted octanol–water partition coefficient (Wildman–Crippen LogP) is 3.17. The molecule has 0 amide bonds. The predicted molar refractivity (Wildman–Crippen MR) is 123 cm³/mol. The van der Waals surface area contributed by atoms with E-state index >= 15 is 0 Å². The van der Waals surface area contributed by atoms with Gasteiger partial charge < -0.3 is 25.2 Å². The second-order valence-electron chi connectivity index (χ2n) is 8.62. The Labute approximate surface area is 188 Å². The van der Waals surface area contributed by atoms with E-state index in [4.69, 9.17) is 4.74 Å². The number of methoxy groups -OCH3 is 1. The topological polar surface area (TPSA) is 82.6 Å². The van der Waals surface area contributed by atoms with E-state index in [1.807, 2.05) is 6.07 Å². The monoisotopic (exact) mass is 442 g/mol. The molecule has 1 saturated heterocycles. The first-order valence-electron chi connectivity index (χ1n) is 11.1. The number of hydrogen-bond donors (Lipinski definition) is 2. The molecule has 1 aliphatic carbocycles. The Morgan fingerprint density at radius 3 is 2.72 bits per heavy atom. The summed E-state index contributed by atoms with van der Waals surface area (Å²) in [5.41, 5.74) is 3.22. The molecule has 0 bridgehead atoms. The summed E-state index contributed by atoms with van der Waals surface area (Å²) in [6.07, 6.45) is 3.51. The molecular weight excluding hydrogens is 411 g/mol. The number of hydrogen-bond acceptors (Lipinski definition) is 8. The van der Waals surface area contributed by atoms with Crippen LogP contribution in [0.3, 0.4) is 0 Å². The molecule has 1 saturated carbocycles. The van der Waals surface area contributed by atoms with Crippen LogP contribution in [0.2, 0.25) is 0 Å². The summed E-state index contributed by atoms with van der Waals surface area (Å²) in [7, 11) is 3.52. The molecule has 1 aromatic carbocycles. The summed E-state index contributed by atoms with van der Waals surface area (Å²) < 4.78 is 19.3. The molecule has 0 spiro atoms. The summed E-state index contributed by atoms with van der Waals surface area (Å²) in [6, 6.07) is 5.94. The number of piperazine rings is 1. The van der Waals surface area contributed by atoms with E-state index in [1.165, 1.54) is 12.8 Å². The first kappa shape index (κ1) is 22.3. The lowest BCUT2D eigenvalue weighted by Gasteiger charge is -2.35. The lowest BCUT2D eigenvalue weighted by Crippen LogP contribution is -2.44. The number of halogens is 1. The van der Waals surface area contributed by atoms with Gasteiger partial charge in [-0.15, -0.1) is 0 Å². The Morgan fingerprint density at radius 2 is 2.00 bits per heavy atom. The van der Waals surface area contributed by atoms with Crippen LogP contribution in [0.4, 0.5) is 27.5 Å². The zero-order chi connectivity index (χ0) is 22.7. The van der Waals surface area contributed by atoms with Crippen LogP contribution >= 0.6 is 0 Å². The van der Waals surface area contributed by atoms with Gasteiger partial charge in [-0.25, -0.2) is 9.37 Å². The first-order valence-corrected chi connectivity index (χ1v) is 11.1. The Balaban J connectivity index is 1.46. The van der Waals surface area contributed by atoms with Crippen molar-refractivity contribution >= 4 is 29.1 Å². The molecular formula is C23H31FN6O2. The van der Waals surface area contributed by atoms with Crippen molar-refractivity contribution in [1.82, 2.24) is 14.9 Å². The van der Waals surface area contributed by atoms with E-state index in [9.17, 15) is 9.18 Å². The van der Waals surface area contributed by atoms with Gasteiger partial charge in [-0.05, 0) is 50.6 Å². The Kier molecular flexibility index (Phi) is 6.74. The highest BCUT2D eigenvalue weighted by atomic mass is 19.1. The second kappa shape index (κ2) is 9.68. The highest BCUT2D eigenvalue weighted by Gasteiger charge is 2.34. The third kappa shape index (κ3) is 4.93. The van der Waals surface area contributed by atoms with Crippen molar-refractivity contribution in [2.24, 2.45) is 5.92 Å². The van der Waals surface area contributed by atoms with Gasteiger partial charge in [-0.2, -0.15) is 4.98 Å². The number of rotatable bonds is 6. The van der Waals surface area contributed by atoms with Gasteiger partial charge in [-0.3, -0.25) is 4.79 Å². The minimum atomic E-state index is -0.548. The summed E-state index contributed by atoms with van der Waals surface area (Å²) in [4.78, 5) is 25.1. The van der Waals surface area contributed by atoms with Gasteiger partial charge in [0.1, 0.15) is 0 Å². The van der Waals surface area contributed by atoms with Crippen LogP contribution in [0.25, 0.3) is 0 Å². The number of anilines is 4. The lowest BCUT2D eigenvalue weighted by atomic mass is 10.0. The van der Waals surface area contributed by atoms with Crippen molar-refractivity contribution in [3.8, 4) is 0 Å². The number of ether oxygens (including phenoxy) is 1. The van der Waals surface area contributed by atoms with E-state index in [-0.39, 0.29) is 23.7 Å². The Hall–Kier alpha value is -2.94. The maximum atomic E-state index is 14.4. The maximum Gasteiger partial charge on any atom is 0.310 e. The standard InChI is InChI=1S/C23H31FN6O2/c1-15-13-16(7-8-20(15)30-11-9-29(2)10-12-30)26-23-25-14-18(24)21(28-23)27-19-6-4-5-17(19)22(31)32-3/h7-8,13-14,17,19H,4-6,9-12H2,1-3H3,(H2,25,26,27,28). The van der Waals surface area contributed by atoms with Gasteiger partial charge in [0.05, 0.1) is 19.2 Å². The number of nitrogens with one attached hydrogen (secondary N) is 2. The van der Waals surface area contributed by atoms with Crippen LogP contribution in [-0.4, -0.2) is 67.2 Å². The van der Waals surface area contributed by atoms with Crippen molar-refractivity contribution in [3.05, 3.63) is 35.8 Å². The van der Waals surface area contributed by atoms with Crippen molar-refractivity contribution in [1.29, 1.82) is 0 Å². The number of esters is 1. The number of aromatic nitrogens is 2. The third-order valence-corrected chi connectivity index (χ3v) is 6.38. The van der Waals surface area contributed by atoms with E-state index in [0.717, 1.165) is 62.9 Å². The number of carbonyl (C=O) groups is 1. The van der Waals surface area contributed by atoms with E-state index in [0.29, 0.717) is 5.95 Å². The van der Waals surface area contributed by atoms with Crippen LogP contribution in [0.15, 0.2) is 24.4 Å². The van der Waals surface area contributed by atoms with Crippen molar-refractivity contribution in [2.75, 3.05) is 55.9 Å². The zero-order valence-electron chi connectivity index (χ0n) is 18.9. The summed E-state index contributed by atoms with van der Waals surface area (Å²) in [6.45, 7) is 6.21. The minimum absolute atomic E-state index is 0.0917. The first-order chi connectivity index (χ1) is 15.4. The van der Waals surface area contributed by atoms with E-state index in [2.05, 4.69) is 56.5 Å². The molecule has 8 nitrogen and oxygen atoms in total. The molecule has 2 heterocycles. The van der Waals surface area contributed by atoms with Gasteiger partial charge in [0.25, 0.3) is 0 Å². The lowest BCUT2D eigenvalue weighted by molar-refractivity contribution is -0.145. The number of nitrogens with zero attached hydrogens (tertiary/aromatic N) is 4. The molecule has 2 N–H and O–H groups in total. The van der Waals surface area contributed by atoms with Crippen molar-refractivity contribution in [2.45, 2.75) is 32.2 Å². The molecule has 2 atom stereocenters. The summed E-state index contributed by atoms with van der Waals surface area (Å²) in [5.74, 6) is -0.728. The van der Waals surface area contributed by atoms with Crippen LogP contribution in [-0.2, 0) is 9.53 Å². The van der Waals surface area contributed by atoms with Crippen molar-refractivity contribution < 1.29 is 13.9 Å². The molecule has 2 unspecified atom stereocenters. The van der Waals surface area contributed by atoms with Gasteiger partial charge in [-0.1, -0.05) is 6.42 Å². The van der Waals surface area contributed by atoms with Gasteiger partial charge in [0, 0.05) is 43.6 Å². The van der Waals surface area contributed by atoms with E-state index < -0.39 is 5.82 Å². The summed E-state index contributed by atoms with van der Waals surface area (Å²) in [5, 5.41) is 6.26. The summed E-state index contributed by atoms with van der Waals surface area (Å²) >= 11 is 0. The molecule has 9 heteroatoms. The molecule has 32 heavy (non-hydrogen) atoms. The quantitative estimate of drug-likeness (QED) is 0.660. The molecule has 4 rings (SSSR count). The molecule has 2 aliphatic rings. The fourth-order valence-corrected chi connectivity index (χ4v) is 4.53. The third-order valence-electron chi connectivity index (χ3n) is 6.38. The van der Waals surface area contributed by atoms with Crippen LogP contribution < -0.4 is 15.5 Å². The maximum absolute atomic E-state index is 14.4. The van der Waals surface area contributed by atoms with E-state index in [1.54, 1.807) is 0 Å². The Bertz CT molecular complexity index is 963. The molecule has 1 aliphatic heterocycles. The number of benzene rings is 1. The smallest absolute Gasteiger partial charge is 0.310 e. The van der Waals surface area contributed by atoms with Gasteiger partial charge >= 0.3 is 5.97 Å². The molecule has 0 radical (unpaired) electrons. The average molecular weight is 443 g/mol. The number of aryl methyl sites for hydroxylation is 1. The average Bonchev–Trinajstić information content (AvgIpc) is 3.25. The fourth-order valence-electron chi connectivity index (χ4n) is 4.53. The largest absolute Gasteiger partial charge is 0.469 e. The van der Waals surface area contributed by atoms with Crippen LogP contribution in [0.5, 0.6) is 0 Å². The Morgan fingerprint density at radius 1 is 1.22 bits per heavy atom. The fraction of sp³-hybridized carbons (Fsp3) is 0.522. The van der Waals surface area contributed by atoms with Gasteiger partial charge in [0.2, 0.25) is 5.95 Å². The van der Waals surface area contributed by atoms with Crippen LogP contribution in [0, 0.1) is 18.7 Å². The normalized spacial score (nSPS) is 21.4. The zero-order valence-corrected chi connectivity index (χ0v) is 18.9. The second-order valence-corrected chi connectivity index (χ2v) is 8.62. The molecule has 1 aromatic heterocycles. The number of likely N-dealkylation sites (N-methyl/N-ethyl adjacent to an activating group) is 1. The minimum Gasteiger partial charge on any atom is -0.469 e. The van der Waals surface area contributed by atoms with Gasteiger partial charge in [0.15, 0.2) is 11.6 Å². The highest BCUT2D eigenvalue weighted by molar-refractivity contribution is 5.74. The highest BCUT2D eigenvalue weighted by Crippen LogP contribution is 2.30. The molecule has 2 fully saturated rings. The molecule has 172 valence electrons. The van der Waals surface area contributed by atoms with Crippen LogP contribution in [0.1, 0.15) is 24.8 Å².